The molecule has 5 aromatic carbocycles. The molecule has 0 aliphatic rings. The number of hydrogen-bond donors (Lipinski definition) is 0. The van der Waals surface area contributed by atoms with Crippen molar-refractivity contribution < 1.29 is 0 Å². The molecule has 45 heavy (non-hydrogen) atoms. The van der Waals surface area contributed by atoms with Crippen molar-refractivity contribution in [3.8, 4) is 22.5 Å². The summed E-state index contributed by atoms with van der Waals surface area (Å²) in [5.41, 5.74) is 11.8. The van der Waals surface area contributed by atoms with Crippen molar-refractivity contribution in [1.82, 2.24) is 18.5 Å². The van der Waals surface area contributed by atoms with Crippen molar-refractivity contribution in [2.45, 2.75) is 0 Å². The molecule has 5 aromatic heterocycles. The highest BCUT2D eigenvalue weighted by atomic mass is 15.0. The third kappa shape index (κ3) is 3.34. The summed E-state index contributed by atoms with van der Waals surface area (Å²) < 4.78 is 7.13. The molecule has 4 nitrogen and oxygen atoms in total. The van der Waals surface area contributed by atoms with Gasteiger partial charge in [-0.15, -0.1) is 0 Å². The Kier molecular flexibility index (Phi) is 4.96. The van der Waals surface area contributed by atoms with Crippen molar-refractivity contribution in [3.63, 3.8) is 0 Å². The average molecular weight is 575 g/mol. The van der Waals surface area contributed by atoms with Gasteiger partial charge < -0.3 is 13.5 Å². The summed E-state index contributed by atoms with van der Waals surface area (Å²) in [5, 5.41) is 6.19. The predicted molar refractivity (Wildman–Crippen MR) is 187 cm³/mol. The van der Waals surface area contributed by atoms with Crippen LogP contribution in [0, 0.1) is 0 Å². The second-order valence-corrected chi connectivity index (χ2v) is 11.7. The molecule has 210 valence electrons. The van der Waals surface area contributed by atoms with Gasteiger partial charge in [0, 0.05) is 50.6 Å². The summed E-state index contributed by atoms with van der Waals surface area (Å²) in [5.74, 6) is 0. The van der Waals surface area contributed by atoms with E-state index in [0.717, 1.165) is 5.69 Å². The normalized spacial score (nSPS) is 12.0. The van der Waals surface area contributed by atoms with Gasteiger partial charge in [-0.2, -0.15) is 0 Å². The van der Waals surface area contributed by atoms with Crippen molar-refractivity contribution in [2.24, 2.45) is 0 Å². The van der Waals surface area contributed by atoms with E-state index in [0.29, 0.717) is 0 Å². The number of aromatic nitrogens is 4. The molecule has 0 aliphatic carbocycles. The fourth-order valence-electron chi connectivity index (χ4n) is 7.50. The summed E-state index contributed by atoms with van der Waals surface area (Å²) in [7, 11) is 0. The maximum atomic E-state index is 4.52. The lowest BCUT2D eigenvalue weighted by Gasteiger charge is -2.11. The van der Waals surface area contributed by atoms with Crippen LogP contribution in [0.1, 0.15) is 0 Å². The molecule has 4 heteroatoms. The third-order valence-electron chi connectivity index (χ3n) is 9.32. The first kappa shape index (κ1) is 24.3. The lowest BCUT2D eigenvalue weighted by atomic mass is 9.99. The van der Waals surface area contributed by atoms with E-state index in [4.69, 9.17) is 0 Å². The molecule has 0 unspecified atom stereocenters. The number of hydrogen-bond acceptors (Lipinski definition) is 1. The quantitative estimate of drug-likeness (QED) is 0.206. The number of fused-ring (bicyclic) bond motifs is 10. The molecule has 0 N–H and O–H groups in total. The fraction of sp³-hybridized carbons (Fsp3) is 0. The van der Waals surface area contributed by atoms with Crippen LogP contribution in [0.5, 0.6) is 0 Å². The maximum Gasteiger partial charge on any atom is 0.0790 e. The van der Waals surface area contributed by atoms with E-state index >= 15 is 0 Å². The molecule has 0 saturated carbocycles. The van der Waals surface area contributed by atoms with Gasteiger partial charge in [-0.05, 0) is 66.2 Å². The van der Waals surface area contributed by atoms with E-state index in [1.54, 1.807) is 0 Å². The van der Waals surface area contributed by atoms with Crippen molar-refractivity contribution in [3.05, 3.63) is 158 Å². The van der Waals surface area contributed by atoms with Crippen LogP contribution in [0.2, 0.25) is 0 Å². The zero-order valence-electron chi connectivity index (χ0n) is 24.3. The monoisotopic (exact) mass is 574 g/mol. The van der Waals surface area contributed by atoms with Crippen LogP contribution in [0.4, 0.5) is 0 Å². The molecular formula is C41H26N4. The van der Waals surface area contributed by atoms with E-state index in [2.05, 4.69) is 158 Å². The molecule has 5 heterocycles. The van der Waals surface area contributed by atoms with Crippen LogP contribution in [-0.4, -0.2) is 18.5 Å². The van der Waals surface area contributed by atoms with Crippen molar-refractivity contribution in [2.75, 3.05) is 0 Å². The summed E-state index contributed by atoms with van der Waals surface area (Å²) in [6, 6.07) is 50.3. The highest BCUT2D eigenvalue weighted by Crippen LogP contribution is 2.44. The molecule has 0 aliphatic heterocycles. The number of nitrogens with zero attached hydrogens (tertiary/aromatic N) is 4. The lowest BCUT2D eigenvalue weighted by molar-refractivity contribution is 1.13. The summed E-state index contributed by atoms with van der Waals surface area (Å²) in [6.45, 7) is 0. The van der Waals surface area contributed by atoms with Crippen molar-refractivity contribution >= 4 is 60.0 Å². The molecule has 10 rings (SSSR count). The Morgan fingerprint density at radius 3 is 1.84 bits per heavy atom. The Morgan fingerprint density at radius 2 is 1.07 bits per heavy atom. The van der Waals surface area contributed by atoms with Gasteiger partial charge in [0.1, 0.15) is 0 Å². The van der Waals surface area contributed by atoms with Gasteiger partial charge >= 0.3 is 0 Å². The molecule has 10 aromatic rings. The Hall–Kier alpha value is -6.13. The largest absolute Gasteiger partial charge is 0.314 e. The van der Waals surface area contributed by atoms with Gasteiger partial charge in [0.15, 0.2) is 0 Å². The van der Waals surface area contributed by atoms with E-state index in [-0.39, 0.29) is 0 Å². The van der Waals surface area contributed by atoms with Gasteiger partial charge in [0.2, 0.25) is 0 Å². The van der Waals surface area contributed by atoms with Gasteiger partial charge in [-0.3, -0.25) is 4.98 Å². The summed E-state index contributed by atoms with van der Waals surface area (Å²) in [6.07, 6.45) is 6.04. The molecule has 0 spiro atoms. The van der Waals surface area contributed by atoms with Crippen LogP contribution < -0.4 is 0 Å². The Labute approximate surface area is 258 Å². The molecule has 0 saturated heterocycles. The van der Waals surface area contributed by atoms with Crippen LogP contribution in [0.3, 0.4) is 0 Å². The Balaban J connectivity index is 1.38. The Morgan fingerprint density at radius 1 is 0.422 bits per heavy atom. The zero-order valence-corrected chi connectivity index (χ0v) is 24.3. The fourth-order valence-corrected chi connectivity index (χ4v) is 7.50. The van der Waals surface area contributed by atoms with Crippen LogP contribution >= 0.6 is 0 Å². The first-order valence-electron chi connectivity index (χ1n) is 15.3. The van der Waals surface area contributed by atoms with E-state index in [9.17, 15) is 0 Å². The number of pyridine rings is 2. The molecule has 0 fully saturated rings. The second-order valence-electron chi connectivity index (χ2n) is 11.7. The van der Waals surface area contributed by atoms with E-state index < -0.39 is 0 Å². The molecule has 0 amide bonds. The van der Waals surface area contributed by atoms with Gasteiger partial charge in [0.25, 0.3) is 0 Å². The summed E-state index contributed by atoms with van der Waals surface area (Å²) in [4.78, 5) is 4.52. The van der Waals surface area contributed by atoms with Crippen LogP contribution in [0.25, 0.3) is 82.5 Å². The molecule has 0 atom stereocenters. The molecule has 0 radical (unpaired) electrons. The van der Waals surface area contributed by atoms with E-state index in [1.807, 2.05) is 18.5 Å². The first-order chi connectivity index (χ1) is 22.4. The highest BCUT2D eigenvalue weighted by molar-refractivity contribution is 6.21. The molecule has 0 bridgehead atoms. The molecular weight excluding hydrogens is 548 g/mol. The SMILES string of the molecule is c1ccc(-n2c3ccccc3c3cc(-c4c5ccccc5n5ccc6c7ccccc7n(-c7cccnc7)c6c45)ccc32)cc1. The average Bonchev–Trinajstić information content (AvgIpc) is 3.74. The minimum absolute atomic E-state index is 1.05. The first-order valence-corrected chi connectivity index (χ1v) is 15.3. The lowest BCUT2D eigenvalue weighted by Crippen LogP contribution is -1.96. The topological polar surface area (TPSA) is 27.2 Å². The smallest absolute Gasteiger partial charge is 0.0790 e. The maximum absolute atomic E-state index is 4.52. The summed E-state index contributed by atoms with van der Waals surface area (Å²) >= 11 is 0. The number of benzene rings is 5. The zero-order chi connectivity index (χ0) is 29.5. The van der Waals surface area contributed by atoms with Crippen molar-refractivity contribution in [1.29, 1.82) is 0 Å². The second kappa shape index (κ2) is 9.18. The third-order valence-corrected chi connectivity index (χ3v) is 9.32. The number of rotatable bonds is 3. The van der Waals surface area contributed by atoms with Gasteiger partial charge in [-0.25, -0.2) is 0 Å². The minimum atomic E-state index is 1.05. The van der Waals surface area contributed by atoms with Crippen LogP contribution in [0.15, 0.2) is 158 Å². The van der Waals surface area contributed by atoms with E-state index in [1.165, 1.54) is 76.8 Å². The van der Waals surface area contributed by atoms with Gasteiger partial charge in [0.05, 0.1) is 45.0 Å². The van der Waals surface area contributed by atoms with Crippen LogP contribution in [-0.2, 0) is 0 Å². The standard InChI is InChI=1S/C41H26N4/c1-2-11-28(12-3-1)44-36-18-8-5-15-31(36)34-25-27(20-21-38(34)44)39-33-16-6-7-17-35(33)43-24-22-32-30-14-4-9-19-37(30)45(40(32)41(39)43)29-13-10-23-42-26-29/h1-26H. The minimum Gasteiger partial charge on any atom is -0.314 e. The van der Waals surface area contributed by atoms with Gasteiger partial charge in [-0.1, -0.05) is 78.9 Å². The predicted octanol–water partition coefficient (Wildman–Crippen LogP) is 10.3. The Bertz CT molecular complexity index is 2750. The number of para-hydroxylation sites is 4. The highest BCUT2D eigenvalue weighted by Gasteiger charge is 2.22.